The van der Waals surface area contributed by atoms with Gasteiger partial charge in [-0.1, -0.05) is 19.1 Å². The second-order valence-corrected chi connectivity index (χ2v) is 4.94. The van der Waals surface area contributed by atoms with Gasteiger partial charge in [0.25, 0.3) is 5.56 Å². The Morgan fingerprint density at radius 2 is 2.00 bits per heavy atom. The fourth-order valence-corrected chi connectivity index (χ4v) is 2.28. The molecule has 100 valence electrons. The third-order valence-corrected chi connectivity index (χ3v) is 3.66. The van der Waals surface area contributed by atoms with Crippen molar-refractivity contribution in [3.05, 3.63) is 56.2 Å². The van der Waals surface area contributed by atoms with Gasteiger partial charge in [0.05, 0.1) is 12.8 Å². The van der Waals surface area contributed by atoms with Crippen molar-refractivity contribution in [3.63, 3.8) is 0 Å². The minimum atomic E-state index is -0.129. The molecule has 1 aromatic heterocycles. The molecule has 2 aromatic rings. The SMILES string of the molecule is CCc1nc(Cc2ccc(OC)cc2)[nH]c(=O)c1Br. The van der Waals surface area contributed by atoms with E-state index in [-0.39, 0.29) is 5.56 Å². The van der Waals surface area contributed by atoms with Crippen LogP contribution in [0.15, 0.2) is 33.5 Å². The molecule has 5 heteroatoms. The molecule has 0 saturated carbocycles. The van der Waals surface area contributed by atoms with E-state index in [1.807, 2.05) is 31.2 Å². The highest BCUT2D eigenvalue weighted by Gasteiger charge is 2.07. The van der Waals surface area contributed by atoms with Gasteiger partial charge in [-0.3, -0.25) is 4.79 Å². The van der Waals surface area contributed by atoms with Crippen molar-refractivity contribution in [3.8, 4) is 5.75 Å². The lowest BCUT2D eigenvalue weighted by Crippen LogP contribution is -2.15. The van der Waals surface area contributed by atoms with Gasteiger partial charge in [0, 0.05) is 6.42 Å². The lowest BCUT2D eigenvalue weighted by Gasteiger charge is -2.06. The normalized spacial score (nSPS) is 10.5. The maximum Gasteiger partial charge on any atom is 0.265 e. The fraction of sp³-hybridized carbons (Fsp3) is 0.286. The van der Waals surface area contributed by atoms with Crippen molar-refractivity contribution < 1.29 is 4.74 Å². The number of benzene rings is 1. The summed E-state index contributed by atoms with van der Waals surface area (Å²) in [6.45, 7) is 1.98. The second-order valence-electron chi connectivity index (χ2n) is 4.15. The summed E-state index contributed by atoms with van der Waals surface area (Å²) in [7, 11) is 1.64. The Morgan fingerprint density at radius 3 is 2.58 bits per heavy atom. The highest BCUT2D eigenvalue weighted by molar-refractivity contribution is 9.10. The number of H-pyrrole nitrogens is 1. The molecule has 0 aliphatic carbocycles. The van der Waals surface area contributed by atoms with E-state index in [0.29, 0.717) is 16.7 Å². The first kappa shape index (κ1) is 13.8. The van der Waals surface area contributed by atoms with E-state index in [4.69, 9.17) is 4.74 Å². The first-order valence-electron chi connectivity index (χ1n) is 6.04. The number of hydrogen-bond acceptors (Lipinski definition) is 3. The molecule has 2 rings (SSSR count). The van der Waals surface area contributed by atoms with Gasteiger partial charge in [-0.2, -0.15) is 0 Å². The van der Waals surface area contributed by atoms with E-state index in [2.05, 4.69) is 25.9 Å². The van der Waals surface area contributed by atoms with Gasteiger partial charge in [-0.15, -0.1) is 0 Å². The molecule has 0 radical (unpaired) electrons. The number of aromatic nitrogens is 2. The molecule has 0 fully saturated rings. The maximum absolute atomic E-state index is 11.7. The highest BCUT2D eigenvalue weighted by atomic mass is 79.9. The second kappa shape index (κ2) is 6.02. The molecule has 1 aromatic carbocycles. The van der Waals surface area contributed by atoms with Crippen LogP contribution in [0, 0.1) is 0 Å². The van der Waals surface area contributed by atoms with E-state index in [1.165, 1.54) is 0 Å². The van der Waals surface area contributed by atoms with Crippen molar-refractivity contribution in [1.29, 1.82) is 0 Å². The number of nitrogens with zero attached hydrogens (tertiary/aromatic N) is 1. The average molecular weight is 323 g/mol. The van der Waals surface area contributed by atoms with Crippen molar-refractivity contribution in [2.75, 3.05) is 7.11 Å². The van der Waals surface area contributed by atoms with Crippen LogP contribution in [-0.4, -0.2) is 17.1 Å². The van der Waals surface area contributed by atoms with E-state index in [0.717, 1.165) is 23.4 Å². The van der Waals surface area contributed by atoms with Crippen LogP contribution in [0.1, 0.15) is 24.0 Å². The standard InChI is InChI=1S/C14H15BrN2O2/c1-3-11-13(15)14(18)17-12(16-11)8-9-4-6-10(19-2)7-5-9/h4-7H,3,8H2,1-2H3,(H,16,17,18). The summed E-state index contributed by atoms with van der Waals surface area (Å²) in [5, 5.41) is 0. The molecule has 0 bridgehead atoms. The van der Waals surface area contributed by atoms with Crippen molar-refractivity contribution in [2.24, 2.45) is 0 Å². The summed E-state index contributed by atoms with van der Waals surface area (Å²) in [5.74, 6) is 1.49. The smallest absolute Gasteiger partial charge is 0.265 e. The molecule has 0 aliphatic heterocycles. The Balaban J connectivity index is 2.27. The predicted octanol–water partition coefficient (Wildman–Crippen LogP) is 2.69. The number of aryl methyl sites for hydroxylation is 1. The van der Waals surface area contributed by atoms with Crippen LogP contribution in [0.5, 0.6) is 5.75 Å². The van der Waals surface area contributed by atoms with Crippen molar-refractivity contribution in [1.82, 2.24) is 9.97 Å². The zero-order chi connectivity index (χ0) is 13.8. The Kier molecular flexibility index (Phi) is 4.37. The van der Waals surface area contributed by atoms with Gasteiger partial charge in [0.2, 0.25) is 0 Å². The number of methoxy groups -OCH3 is 1. The summed E-state index contributed by atoms with van der Waals surface area (Å²) in [5.41, 5.74) is 1.73. The highest BCUT2D eigenvalue weighted by Crippen LogP contribution is 2.14. The van der Waals surface area contributed by atoms with Crippen LogP contribution in [0.2, 0.25) is 0 Å². The number of halogens is 1. The molecule has 0 spiro atoms. The molecular formula is C14H15BrN2O2. The van der Waals surface area contributed by atoms with E-state index >= 15 is 0 Å². The lowest BCUT2D eigenvalue weighted by molar-refractivity contribution is 0.414. The Hall–Kier alpha value is -1.62. The summed E-state index contributed by atoms with van der Waals surface area (Å²) in [6, 6.07) is 7.72. The van der Waals surface area contributed by atoms with Gasteiger partial charge in [0.15, 0.2) is 0 Å². The molecule has 0 atom stereocenters. The predicted molar refractivity (Wildman–Crippen MR) is 77.7 cm³/mol. The summed E-state index contributed by atoms with van der Waals surface area (Å²) >= 11 is 3.26. The molecule has 0 unspecified atom stereocenters. The third kappa shape index (κ3) is 3.23. The zero-order valence-electron chi connectivity index (χ0n) is 10.9. The van der Waals surface area contributed by atoms with E-state index in [1.54, 1.807) is 7.11 Å². The van der Waals surface area contributed by atoms with Crippen LogP contribution >= 0.6 is 15.9 Å². The number of aromatic amines is 1. The molecule has 0 amide bonds. The van der Waals surface area contributed by atoms with Crippen LogP contribution in [0.25, 0.3) is 0 Å². The van der Waals surface area contributed by atoms with Crippen molar-refractivity contribution >= 4 is 15.9 Å². The number of rotatable bonds is 4. The monoisotopic (exact) mass is 322 g/mol. The first-order chi connectivity index (χ1) is 9.13. The first-order valence-corrected chi connectivity index (χ1v) is 6.83. The fourth-order valence-electron chi connectivity index (χ4n) is 1.81. The van der Waals surface area contributed by atoms with E-state index < -0.39 is 0 Å². The van der Waals surface area contributed by atoms with Gasteiger partial charge in [0.1, 0.15) is 16.0 Å². The largest absolute Gasteiger partial charge is 0.497 e. The van der Waals surface area contributed by atoms with Crippen LogP contribution in [0.3, 0.4) is 0 Å². The third-order valence-electron chi connectivity index (χ3n) is 2.85. The summed E-state index contributed by atoms with van der Waals surface area (Å²) in [4.78, 5) is 19.0. The molecule has 19 heavy (non-hydrogen) atoms. The molecule has 0 aliphatic rings. The zero-order valence-corrected chi connectivity index (χ0v) is 12.5. The minimum absolute atomic E-state index is 0.129. The lowest BCUT2D eigenvalue weighted by atomic mass is 10.1. The Labute approximate surface area is 120 Å². The minimum Gasteiger partial charge on any atom is -0.497 e. The maximum atomic E-state index is 11.7. The number of ether oxygens (including phenoxy) is 1. The van der Waals surface area contributed by atoms with Crippen LogP contribution in [-0.2, 0) is 12.8 Å². The topological polar surface area (TPSA) is 55.0 Å². The van der Waals surface area contributed by atoms with Crippen molar-refractivity contribution in [2.45, 2.75) is 19.8 Å². The van der Waals surface area contributed by atoms with Gasteiger partial charge in [-0.05, 0) is 40.0 Å². The average Bonchev–Trinajstić information content (AvgIpc) is 2.43. The quantitative estimate of drug-likeness (QED) is 0.941. The van der Waals surface area contributed by atoms with Crippen LogP contribution < -0.4 is 10.3 Å². The molecule has 1 N–H and O–H groups in total. The Bertz CT molecular complexity index is 620. The van der Waals surface area contributed by atoms with Gasteiger partial charge in [-0.25, -0.2) is 4.98 Å². The van der Waals surface area contributed by atoms with E-state index in [9.17, 15) is 4.79 Å². The molecule has 4 nitrogen and oxygen atoms in total. The van der Waals surface area contributed by atoms with Gasteiger partial charge >= 0.3 is 0 Å². The summed E-state index contributed by atoms with van der Waals surface area (Å²) < 4.78 is 5.63. The van der Waals surface area contributed by atoms with Gasteiger partial charge < -0.3 is 9.72 Å². The number of nitrogens with one attached hydrogen (secondary N) is 1. The molecule has 1 heterocycles. The molecule has 0 saturated heterocycles. The number of hydrogen-bond donors (Lipinski definition) is 1. The Morgan fingerprint density at radius 1 is 1.32 bits per heavy atom. The molecular weight excluding hydrogens is 308 g/mol. The van der Waals surface area contributed by atoms with Crippen LogP contribution in [0.4, 0.5) is 0 Å². The summed E-state index contributed by atoms with van der Waals surface area (Å²) in [6.07, 6.45) is 1.32.